The van der Waals surface area contributed by atoms with E-state index in [0.29, 0.717) is 5.69 Å². The number of aryl methyl sites for hydroxylation is 1. The van der Waals surface area contributed by atoms with Gasteiger partial charge in [-0.3, -0.25) is 4.98 Å². The summed E-state index contributed by atoms with van der Waals surface area (Å²) in [5.74, 6) is 0.0246. The molecular weight excluding hydrogens is 264 g/mol. The summed E-state index contributed by atoms with van der Waals surface area (Å²) in [7, 11) is 0. The normalized spacial score (nSPS) is 11.6. The SMILES string of the molecule is Cc1cccc(CCNCc2ccnc(C(N)=NO)c2)c1. The molecule has 0 radical (unpaired) electrons. The van der Waals surface area contributed by atoms with Gasteiger partial charge in [0.05, 0.1) is 0 Å². The van der Waals surface area contributed by atoms with Gasteiger partial charge in [-0.25, -0.2) is 0 Å². The quantitative estimate of drug-likeness (QED) is 0.248. The van der Waals surface area contributed by atoms with Gasteiger partial charge in [0.15, 0.2) is 5.84 Å². The Hall–Kier alpha value is -2.40. The van der Waals surface area contributed by atoms with Crippen LogP contribution in [0.4, 0.5) is 0 Å². The summed E-state index contributed by atoms with van der Waals surface area (Å²) in [6.45, 7) is 3.72. The fourth-order valence-electron chi connectivity index (χ4n) is 2.11. The smallest absolute Gasteiger partial charge is 0.188 e. The van der Waals surface area contributed by atoms with Crippen molar-refractivity contribution in [3.63, 3.8) is 0 Å². The first-order valence-corrected chi connectivity index (χ1v) is 6.88. The predicted molar refractivity (Wildman–Crippen MR) is 83.3 cm³/mol. The zero-order valence-corrected chi connectivity index (χ0v) is 12.1. The molecule has 0 spiro atoms. The molecule has 0 saturated heterocycles. The number of aromatic nitrogens is 1. The van der Waals surface area contributed by atoms with E-state index in [1.807, 2.05) is 12.1 Å². The molecule has 4 N–H and O–H groups in total. The molecule has 0 saturated carbocycles. The third kappa shape index (κ3) is 4.57. The van der Waals surface area contributed by atoms with E-state index in [-0.39, 0.29) is 5.84 Å². The van der Waals surface area contributed by atoms with Gasteiger partial charge in [0, 0.05) is 12.7 Å². The zero-order valence-electron chi connectivity index (χ0n) is 12.1. The van der Waals surface area contributed by atoms with Crippen molar-refractivity contribution in [3.8, 4) is 0 Å². The van der Waals surface area contributed by atoms with Gasteiger partial charge in [0.25, 0.3) is 0 Å². The van der Waals surface area contributed by atoms with Crippen molar-refractivity contribution < 1.29 is 5.21 Å². The molecule has 1 heterocycles. The molecule has 2 rings (SSSR count). The van der Waals surface area contributed by atoms with Crippen LogP contribution in [0.1, 0.15) is 22.4 Å². The minimum atomic E-state index is 0.0246. The Balaban J connectivity index is 1.84. The van der Waals surface area contributed by atoms with Crippen LogP contribution in [0.2, 0.25) is 0 Å². The summed E-state index contributed by atoms with van der Waals surface area (Å²) >= 11 is 0. The zero-order chi connectivity index (χ0) is 15.1. The van der Waals surface area contributed by atoms with Crippen LogP contribution >= 0.6 is 0 Å². The molecule has 0 amide bonds. The number of hydrogen-bond acceptors (Lipinski definition) is 4. The topological polar surface area (TPSA) is 83.5 Å². The molecule has 1 aromatic carbocycles. The highest BCUT2D eigenvalue weighted by Crippen LogP contribution is 2.05. The van der Waals surface area contributed by atoms with Crippen molar-refractivity contribution in [2.45, 2.75) is 19.9 Å². The van der Waals surface area contributed by atoms with Crippen LogP contribution in [0.15, 0.2) is 47.8 Å². The first-order chi connectivity index (χ1) is 10.2. The Kier molecular flexibility index (Phi) is 5.29. The van der Waals surface area contributed by atoms with Crippen LogP contribution < -0.4 is 11.1 Å². The van der Waals surface area contributed by atoms with Crippen molar-refractivity contribution >= 4 is 5.84 Å². The lowest BCUT2D eigenvalue weighted by molar-refractivity contribution is 0.318. The second kappa shape index (κ2) is 7.40. The maximum Gasteiger partial charge on any atom is 0.188 e. The van der Waals surface area contributed by atoms with Gasteiger partial charge in [0.2, 0.25) is 0 Å². The summed E-state index contributed by atoms with van der Waals surface area (Å²) < 4.78 is 0. The van der Waals surface area contributed by atoms with Gasteiger partial charge in [0.1, 0.15) is 5.69 Å². The third-order valence-corrected chi connectivity index (χ3v) is 3.20. The fourth-order valence-corrected chi connectivity index (χ4v) is 2.11. The third-order valence-electron chi connectivity index (χ3n) is 3.20. The van der Waals surface area contributed by atoms with Gasteiger partial charge in [-0.1, -0.05) is 35.0 Å². The van der Waals surface area contributed by atoms with Crippen LogP contribution in [-0.2, 0) is 13.0 Å². The standard InChI is InChI=1S/C16H20N4O/c1-12-3-2-4-13(9-12)5-7-18-11-14-6-8-19-15(10-14)16(17)20-21/h2-4,6,8-10,18,21H,5,7,11H2,1H3,(H2,17,20). The Morgan fingerprint density at radius 3 is 2.90 bits per heavy atom. The molecule has 0 aliphatic heterocycles. The van der Waals surface area contributed by atoms with Gasteiger partial charge in [-0.2, -0.15) is 0 Å². The van der Waals surface area contributed by atoms with Crippen LogP contribution in [0.5, 0.6) is 0 Å². The summed E-state index contributed by atoms with van der Waals surface area (Å²) in [6, 6.07) is 12.2. The van der Waals surface area contributed by atoms with Gasteiger partial charge < -0.3 is 16.3 Å². The predicted octanol–water partition coefficient (Wildman–Crippen LogP) is 1.82. The molecule has 21 heavy (non-hydrogen) atoms. The largest absolute Gasteiger partial charge is 0.409 e. The molecule has 1 aromatic heterocycles. The monoisotopic (exact) mass is 284 g/mol. The Labute approximate surface area is 124 Å². The minimum Gasteiger partial charge on any atom is -0.409 e. The lowest BCUT2D eigenvalue weighted by Crippen LogP contribution is -2.19. The molecule has 5 nitrogen and oxygen atoms in total. The summed E-state index contributed by atoms with van der Waals surface area (Å²) in [5.41, 5.74) is 9.67. The number of benzene rings is 1. The maximum atomic E-state index is 8.65. The number of nitrogens with one attached hydrogen (secondary N) is 1. The van der Waals surface area contributed by atoms with Crippen molar-refractivity contribution in [1.82, 2.24) is 10.3 Å². The summed E-state index contributed by atoms with van der Waals surface area (Å²) in [6.07, 6.45) is 2.64. The number of oxime groups is 1. The molecule has 0 unspecified atom stereocenters. The molecule has 0 aliphatic rings. The summed E-state index contributed by atoms with van der Waals surface area (Å²) in [5, 5.41) is 15.0. The van der Waals surface area contributed by atoms with E-state index in [1.54, 1.807) is 6.20 Å². The molecule has 110 valence electrons. The molecule has 0 bridgehead atoms. The molecule has 0 fully saturated rings. The van der Waals surface area contributed by atoms with Gasteiger partial charge >= 0.3 is 0 Å². The Morgan fingerprint density at radius 1 is 1.29 bits per heavy atom. The number of pyridine rings is 1. The lowest BCUT2D eigenvalue weighted by atomic mass is 10.1. The number of nitrogens with two attached hydrogens (primary N) is 1. The second-order valence-corrected chi connectivity index (χ2v) is 4.95. The first-order valence-electron chi connectivity index (χ1n) is 6.88. The van der Waals surface area contributed by atoms with Crippen molar-refractivity contribution in [2.24, 2.45) is 10.9 Å². The number of hydrogen-bond donors (Lipinski definition) is 3. The van der Waals surface area contributed by atoms with Crippen LogP contribution in [0.25, 0.3) is 0 Å². The lowest BCUT2D eigenvalue weighted by Gasteiger charge is -2.07. The van der Waals surface area contributed by atoms with Crippen LogP contribution in [0, 0.1) is 6.92 Å². The molecule has 2 aromatic rings. The molecule has 0 aliphatic carbocycles. The van der Waals surface area contributed by atoms with E-state index in [4.69, 9.17) is 10.9 Å². The van der Waals surface area contributed by atoms with E-state index in [0.717, 1.165) is 25.1 Å². The second-order valence-electron chi connectivity index (χ2n) is 4.95. The summed E-state index contributed by atoms with van der Waals surface area (Å²) in [4.78, 5) is 4.05. The van der Waals surface area contributed by atoms with Crippen molar-refractivity contribution in [2.75, 3.05) is 6.54 Å². The fraction of sp³-hybridized carbons (Fsp3) is 0.250. The number of rotatable bonds is 6. The first kappa shape index (κ1) is 15.0. The Morgan fingerprint density at radius 2 is 2.14 bits per heavy atom. The average molecular weight is 284 g/mol. The van der Waals surface area contributed by atoms with Crippen molar-refractivity contribution in [3.05, 3.63) is 65.0 Å². The highest BCUT2D eigenvalue weighted by Gasteiger charge is 2.02. The van der Waals surface area contributed by atoms with E-state index in [1.165, 1.54) is 11.1 Å². The maximum absolute atomic E-state index is 8.65. The number of amidine groups is 1. The molecular formula is C16H20N4O. The van der Waals surface area contributed by atoms with Crippen LogP contribution in [-0.4, -0.2) is 22.6 Å². The van der Waals surface area contributed by atoms with E-state index < -0.39 is 0 Å². The van der Waals surface area contributed by atoms with Crippen molar-refractivity contribution in [1.29, 1.82) is 0 Å². The highest BCUT2D eigenvalue weighted by molar-refractivity contribution is 5.95. The van der Waals surface area contributed by atoms with Gasteiger partial charge in [-0.15, -0.1) is 0 Å². The van der Waals surface area contributed by atoms with Gasteiger partial charge in [-0.05, 0) is 43.1 Å². The minimum absolute atomic E-state index is 0.0246. The van der Waals surface area contributed by atoms with E-state index in [9.17, 15) is 0 Å². The van der Waals surface area contributed by atoms with Crippen LogP contribution in [0.3, 0.4) is 0 Å². The Bertz CT molecular complexity index is 625. The average Bonchev–Trinajstić information content (AvgIpc) is 2.51. The molecule has 5 heteroatoms. The highest BCUT2D eigenvalue weighted by atomic mass is 16.4. The van der Waals surface area contributed by atoms with E-state index >= 15 is 0 Å². The van der Waals surface area contributed by atoms with E-state index in [2.05, 4.69) is 46.6 Å². The molecule has 0 atom stereocenters. The number of nitrogens with zero attached hydrogens (tertiary/aromatic N) is 2.